The minimum absolute atomic E-state index is 0. The summed E-state index contributed by atoms with van der Waals surface area (Å²) in [5, 5.41) is 12.9. The molecule has 148 valence electrons. The fraction of sp³-hybridized carbons (Fsp3) is 0.611. The molecule has 1 atom stereocenters. The normalized spacial score (nSPS) is 18.7. The summed E-state index contributed by atoms with van der Waals surface area (Å²) in [4.78, 5) is 6.59. The molecule has 2 rings (SSSR count). The molecule has 0 unspecified atom stereocenters. The van der Waals surface area contributed by atoms with Crippen LogP contribution in [-0.4, -0.2) is 48.2 Å². The van der Waals surface area contributed by atoms with E-state index in [-0.39, 0.29) is 30.1 Å². The predicted octanol–water partition coefficient (Wildman–Crippen LogP) is 3.63. The van der Waals surface area contributed by atoms with E-state index in [1.54, 1.807) is 6.07 Å². The summed E-state index contributed by atoms with van der Waals surface area (Å²) in [6.07, 6.45) is -4.02. The lowest BCUT2D eigenvalue weighted by molar-refractivity contribution is -0.137. The molecule has 0 aliphatic carbocycles. The maximum absolute atomic E-state index is 12.9. The molecule has 0 bridgehead atoms. The summed E-state index contributed by atoms with van der Waals surface area (Å²) in [6.45, 7) is 8.01. The van der Waals surface area contributed by atoms with Gasteiger partial charge in [0.2, 0.25) is 0 Å². The van der Waals surface area contributed by atoms with E-state index >= 15 is 0 Å². The van der Waals surface area contributed by atoms with Crippen LogP contribution in [0.1, 0.15) is 38.3 Å². The molecular formula is C18H27F3IN3O. The first kappa shape index (κ1) is 23.0. The smallest absolute Gasteiger partial charge is 0.391 e. The molecule has 4 nitrogen and oxygen atoms in total. The van der Waals surface area contributed by atoms with Crippen LogP contribution < -0.4 is 5.32 Å². The first-order valence-corrected chi connectivity index (χ1v) is 8.52. The Balaban J connectivity index is 0.00000338. The Hall–Kier alpha value is -1.03. The van der Waals surface area contributed by atoms with Gasteiger partial charge in [0, 0.05) is 25.0 Å². The summed E-state index contributed by atoms with van der Waals surface area (Å²) in [6, 6.07) is 5.42. The number of guanidine groups is 1. The van der Waals surface area contributed by atoms with Crippen LogP contribution in [0.5, 0.6) is 0 Å². The zero-order valence-corrected chi connectivity index (χ0v) is 17.6. The molecule has 2 N–H and O–H groups in total. The largest absolute Gasteiger partial charge is 0.416 e. The number of β-amino-alcohol motifs (C(OH)–C–C–N with tert-alkyl or cyclic N) is 1. The molecule has 0 amide bonds. The second-order valence-electron chi connectivity index (χ2n) is 7.02. The van der Waals surface area contributed by atoms with Crippen molar-refractivity contribution in [2.24, 2.45) is 4.99 Å². The van der Waals surface area contributed by atoms with Crippen molar-refractivity contribution >= 4 is 29.9 Å². The van der Waals surface area contributed by atoms with Gasteiger partial charge in [0.25, 0.3) is 0 Å². The summed E-state index contributed by atoms with van der Waals surface area (Å²) < 4.78 is 38.8. The molecule has 1 aromatic carbocycles. The van der Waals surface area contributed by atoms with Crippen LogP contribution in [0.4, 0.5) is 13.2 Å². The van der Waals surface area contributed by atoms with Crippen molar-refractivity contribution in [2.45, 2.75) is 44.9 Å². The molecule has 1 heterocycles. The second-order valence-corrected chi connectivity index (χ2v) is 7.02. The summed E-state index contributed by atoms with van der Waals surface area (Å²) in [7, 11) is 0. The number of rotatable bonds is 4. The third-order valence-electron chi connectivity index (χ3n) is 4.39. The van der Waals surface area contributed by atoms with Gasteiger partial charge in [-0.2, -0.15) is 13.2 Å². The van der Waals surface area contributed by atoms with E-state index in [2.05, 4.69) is 10.3 Å². The van der Waals surface area contributed by atoms with Gasteiger partial charge >= 0.3 is 6.18 Å². The Bertz CT molecular complexity index is 620. The van der Waals surface area contributed by atoms with Gasteiger partial charge in [-0.1, -0.05) is 32.0 Å². The molecule has 8 heteroatoms. The van der Waals surface area contributed by atoms with Crippen molar-refractivity contribution in [1.29, 1.82) is 0 Å². The van der Waals surface area contributed by atoms with Crippen LogP contribution in [0.25, 0.3) is 0 Å². The SMILES string of the molecule is CCNC(=NCC(C)(C)c1cccc(C(F)(F)F)c1)N1CC[C@@H](O)C1.I. The molecule has 26 heavy (non-hydrogen) atoms. The van der Waals surface area contributed by atoms with Gasteiger partial charge in [-0.05, 0) is 25.0 Å². The van der Waals surface area contributed by atoms with E-state index in [4.69, 9.17) is 0 Å². The van der Waals surface area contributed by atoms with Gasteiger partial charge in [-0.15, -0.1) is 24.0 Å². The van der Waals surface area contributed by atoms with Gasteiger partial charge in [0.1, 0.15) is 0 Å². The maximum Gasteiger partial charge on any atom is 0.416 e. The van der Waals surface area contributed by atoms with Crippen molar-refractivity contribution in [3.05, 3.63) is 35.4 Å². The number of hydrogen-bond donors (Lipinski definition) is 2. The number of alkyl halides is 3. The van der Waals surface area contributed by atoms with E-state index in [0.29, 0.717) is 37.6 Å². The van der Waals surface area contributed by atoms with Gasteiger partial charge < -0.3 is 15.3 Å². The molecule has 0 spiro atoms. The number of aliphatic hydroxyl groups excluding tert-OH is 1. The lowest BCUT2D eigenvalue weighted by atomic mass is 9.84. The third kappa shape index (κ3) is 6.00. The van der Waals surface area contributed by atoms with E-state index < -0.39 is 17.2 Å². The van der Waals surface area contributed by atoms with Crippen molar-refractivity contribution in [3.8, 4) is 0 Å². The Kier molecular flexibility index (Phi) is 8.19. The van der Waals surface area contributed by atoms with Gasteiger partial charge in [-0.25, -0.2) is 0 Å². The lowest BCUT2D eigenvalue weighted by Gasteiger charge is -2.27. The third-order valence-corrected chi connectivity index (χ3v) is 4.39. The Labute approximate surface area is 169 Å². The van der Waals surface area contributed by atoms with Gasteiger partial charge in [0.05, 0.1) is 18.2 Å². The number of nitrogens with zero attached hydrogens (tertiary/aromatic N) is 2. The van der Waals surface area contributed by atoms with E-state index in [0.717, 1.165) is 12.6 Å². The van der Waals surface area contributed by atoms with Crippen LogP contribution in [-0.2, 0) is 11.6 Å². The molecular weight excluding hydrogens is 458 g/mol. The zero-order chi connectivity index (χ0) is 18.7. The number of aliphatic imine (C=N–C) groups is 1. The number of benzene rings is 1. The van der Waals surface area contributed by atoms with Crippen LogP contribution in [0.15, 0.2) is 29.3 Å². The highest BCUT2D eigenvalue weighted by molar-refractivity contribution is 14.0. The van der Waals surface area contributed by atoms with Gasteiger partial charge in [0.15, 0.2) is 5.96 Å². The molecule has 0 aromatic heterocycles. The highest BCUT2D eigenvalue weighted by Gasteiger charge is 2.32. The number of likely N-dealkylation sites (tertiary alicyclic amines) is 1. The Morgan fingerprint density at radius 2 is 1.96 bits per heavy atom. The highest BCUT2D eigenvalue weighted by atomic mass is 127. The van der Waals surface area contributed by atoms with Crippen molar-refractivity contribution in [1.82, 2.24) is 10.2 Å². The summed E-state index contributed by atoms with van der Waals surface area (Å²) in [5.41, 5.74) is -0.583. The van der Waals surface area contributed by atoms with Crippen LogP contribution in [0, 0.1) is 0 Å². The fourth-order valence-corrected chi connectivity index (χ4v) is 2.84. The number of aliphatic hydroxyl groups is 1. The molecule has 1 aliphatic heterocycles. The van der Waals surface area contributed by atoms with Crippen molar-refractivity contribution < 1.29 is 18.3 Å². The first-order chi connectivity index (χ1) is 11.6. The molecule has 1 aromatic rings. The maximum atomic E-state index is 12.9. The molecule has 0 radical (unpaired) electrons. The number of hydrogen-bond acceptors (Lipinski definition) is 2. The van der Waals surface area contributed by atoms with E-state index in [1.165, 1.54) is 12.1 Å². The Morgan fingerprint density at radius 1 is 1.31 bits per heavy atom. The fourth-order valence-electron chi connectivity index (χ4n) is 2.84. The number of nitrogens with one attached hydrogen (secondary N) is 1. The molecule has 0 saturated carbocycles. The average molecular weight is 485 g/mol. The molecule has 1 saturated heterocycles. The van der Waals surface area contributed by atoms with E-state index in [9.17, 15) is 18.3 Å². The monoisotopic (exact) mass is 485 g/mol. The molecule has 1 fully saturated rings. The van der Waals surface area contributed by atoms with Crippen LogP contribution >= 0.6 is 24.0 Å². The summed E-state index contributed by atoms with van der Waals surface area (Å²) in [5.74, 6) is 0.694. The standard InChI is InChI=1S/C18H26F3N3O.HI/c1-4-22-16(24-9-8-15(25)11-24)23-12-17(2,3)13-6-5-7-14(10-13)18(19,20)21;/h5-7,10,15,25H,4,8-9,11-12H2,1-3H3,(H,22,23);1H/t15-;/m1./s1. The van der Waals surface area contributed by atoms with Crippen LogP contribution in [0.3, 0.4) is 0 Å². The van der Waals surface area contributed by atoms with Gasteiger partial charge in [-0.3, -0.25) is 4.99 Å². The summed E-state index contributed by atoms with van der Waals surface area (Å²) >= 11 is 0. The minimum atomic E-state index is -4.35. The van der Waals surface area contributed by atoms with Crippen molar-refractivity contribution in [2.75, 3.05) is 26.2 Å². The van der Waals surface area contributed by atoms with E-state index in [1.807, 2.05) is 25.7 Å². The quantitative estimate of drug-likeness (QED) is 0.389. The first-order valence-electron chi connectivity index (χ1n) is 8.52. The topological polar surface area (TPSA) is 47.9 Å². The minimum Gasteiger partial charge on any atom is -0.391 e. The molecule has 1 aliphatic rings. The van der Waals surface area contributed by atoms with Crippen LogP contribution in [0.2, 0.25) is 0 Å². The predicted molar refractivity (Wildman–Crippen MR) is 108 cm³/mol. The highest BCUT2D eigenvalue weighted by Crippen LogP contribution is 2.33. The second kappa shape index (κ2) is 9.25. The average Bonchev–Trinajstić information content (AvgIpc) is 2.97. The number of halogens is 4. The van der Waals surface area contributed by atoms with Crippen molar-refractivity contribution in [3.63, 3.8) is 0 Å². The Morgan fingerprint density at radius 3 is 2.50 bits per heavy atom. The lowest BCUT2D eigenvalue weighted by Crippen LogP contribution is -2.41. The zero-order valence-electron chi connectivity index (χ0n) is 15.3.